The lowest BCUT2D eigenvalue weighted by molar-refractivity contribution is -0.115. The average molecular weight is 509 g/mol. The van der Waals surface area contributed by atoms with Crippen molar-refractivity contribution in [2.24, 2.45) is 0 Å². The average Bonchev–Trinajstić information content (AvgIpc) is 3.48. The monoisotopic (exact) mass is 508 g/mol. The van der Waals surface area contributed by atoms with Crippen LogP contribution >= 0.6 is 11.8 Å². The van der Waals surface area contributed by atoms with Crippen LogP contribution in [0.1, 0.15) is 44.0 Å². The molecule has 0 saturated carbocycles. The van der Waals surface area contributed by atoms with Crippen molar-refractivity contribution in [1.29, 1.82) is 0 Å². The summed E-state index contributed by atoms with van der Waals surface area (Å²) in [6.45, 7) is 5.55. The lowest BCUT2D eigenvalue weighted by atomic mass is 10.1. The number of nitrogens with one attached hydrogen (secondary N) is 1. The summed E-state index contributed by atoms with van der Waals surface area (Å²) in [4.78, 5) is 38.3. The maximum absolute atomic E-state index is 11.7. The molecule has 36 heavy (non-hydrogen) atoms. The Labute approximate surface area is 211 Å². The number of aromatic nitrogens is 4. The number of carbonyl (C=O) groups is 2. The van der Waals surface area contributed by atoms with Crippen molar-refractivity contribution in [3.63, 3.8) is 0 Å². The number of thioether (sulfide) groups is 1. The summed E-state index contributed by atoms with van der Waals surface area (Å²) in [6.07, 6.45) is 4.63. The largest absolute Gasteiger partial charge is 0.474 e. The number of carbonyl (C=O) groups excluding carboxylic acids is 2. The Balaban J connectivity index is 1.15. The molecule has 2 aliphatic heterocycles. The quantitative estimate of drug-likeness (QED) is 0.462. The number of hydrogen-bond acceptors (Lipinski definition) is 11. The van der Waals surface area contributed by atoms with E-state index >= 15 is 0 Å². The lowest BCUT2D eigenvalue weighted by Crippen LogP contribution is -2.38. The fourth-order valence-electron chi connectivity index (χ4n) is 3.69. The highest BCUT2D eigenvalue weighted by Crippen LogP contribution is 2.28. The Hall–Kier alpha value is -3.93. The van der Waals surface area contributed by atoms with E-state index in [0.717, 1.165) is 43.3 Å². The van der Waals surface area contributed by atoms with Crippen molar-refractivity contribution in [2.45, 2.75) is 38.7 Å². The van der Waals surface area contributed by atoms with E-state index < -0.39 is 0 Å². The van der Waals surface area contributed by atoms with Gasteiger partial charge in [0.05, 0.1) is 11.0 Å². The van der Waals surface area contributed by atoms with Gasteiger partial charge in [-0.3, -0.25) is 14.9 Å². The Morgan fingerprint density at radius 3 is 2.56 bits per heavy atom. The predicted octanol–water partition coefficient (Wildman–Crippen LogP) is 4.15. The van der Waals surface area contributed by atoms with Crippen molar-refractivity contribution in [3.8, 4) is 17.5 Å². The van der Waals surface area contributed by atoms with Gasteiger partial charge in [0.2, 0.25) is 11.8 Å². The third-order valence-electron chi connectivity index (χ3n) is 5.61. The van der Waals surface area contributed by atoms with Crippen LogP contribution in [0.15, 0.2) is 46.1 Å². The molecule has 0 atom stereocenters. The number of ether oxygens (including phenoxy) is 2. The second-order valence-electron chi connectivity index (χ2n) is 8.61. The highest BCUT2D eigenvalue weighted by Gasteiger charge is 2.26. The number of piperidine rings is 1. The number of imide groups is 1. The molecule has 0 aliphatic carbocycles. The summed E-state index contributed by atoms with van der Waals surface area (Å²) in [6, 6.07) is 9.30. The van der Waals surface area contributed by atoms with Gasteiger partial charge in [0.1, 0.15) is 18.2 Å². The molecule has 0 spiro atoms. The molecular formula is C24H24N6O5S. The summed E-state index contributed by atoms with van der Waals surface area (Å²) in [5.74, 6) is 1.90. The first-order chi connectivity index (χ1) is 17.4. The van der Waals surface area contributed by atoms with Gasteiger partial charge in [0.15, 0.2) is 5.82 Å². The van der Waals surface area contributed by atoms with E-state index in [1.54, 1.807) is 36.4 Å². The molecule has 186 valence electrons. The Bertz CT molecular complexity index is 1280. The highest BCUT2D eigenvalue weighted by molar-refractivity contribution is 8.18. The SMILES string of the molecule is CC(C)c1noc(N2CCC(Oc3cc(Oc4ccc(/C=C5\SC(=O)NC5=O)cc4)ncn3)CC2)n1. The first-order valence-corrected chi connectivity index (χ1v) is 12.3. The van der Waals surface area contributed by atoms with Crippen molar-refractivity contribution in [3.05, 3.63) is 53.0 Å². The number of rotatable bonds is 7. The molecule has 2 aromatic heterocycles. The van der Waals surface area contributed by atoms with Gasteiger partial charge in [0, 0.05) is 31.8 Å². The minimum absolute atomic E-state index is 0.00125. The molecule has 1 N–H and O–H groups in total. The maximum atomic E-state index is 11.7. The van der Waals surface area contributed by atoms with Crippen LogP contribution in [0.2, 0.25) is 0 Å². The Morgan fingerprint density at radius 2 is 1.89 bits per heavy atom. The molecule has 12 heteroatoms. The molecule has 2 amide bonds. The van der Waals surface area contributed by atoms with Gasteiger partial charge in [-0.2, -0.15) is 4.98 Å². The van der Waals surface area contributed by atoms with Crippen LogP contribution in [-0.2, 0) is 4.79 Å². The van der Waals surface area contributed by atoms with E-state index in [-0.39, 0.29) is 23.2 Å². The van der Waals surface area contributed by atoms with Crippen molar-refractivity contribution in [1.82, 2.24) is 25.4 Å². The molecule has 2 saturated heterocycles. The minimum Gasteiger partial charge on any atom is -0.474 e. The van der Waals surface area contributed by atoms with Gasteiger partial charge in [0.25, 0.3) is 11.1 Å². The second kappa shape index (κ2) is 10.4. The molecule has 4 heterocycles. The van der Waals surface area contributed by atoms with Gasteiger partial charge >= 0.3 is 6.01 Å². The third kappa shape index (κ3) is 5.65. The highest BCUT2D eigenvalue weighted by atomic mass is 32.2. The van der Waals surface area contributed by atoms with E-state index in [4.69, 9.17) is 14.0 Å². The standard InChI is InChI=1S/C24H24N6O5S/c1-14(2)21-27-23(35-29-21)30-9-7-17(8-10-30)34-20-12-19(25-13-26-20)33-16-5-3-15(4-6-16)11-18-22(31)28-24(32)36-18/h3-6,11-14,17H,7-10H2,1-2H3,(H,28,31,32)/b18-11-. The zero-order chi connectivity index (χ0) is 25.1. The number of nitrogens with zero attached hydrogens (tertiary/aromatic N) is 5. The van der Waals surface area contributed by atoms with Crippen LogP contribution in [0, 0.1) is 0 Å². The third-order valence-corrected chi connectivity index (χ3v) is 6.42. The van der Waals surface area contributed by atoms with Crippen LogP contribution in [-0.4, -0.2) is 50.4 Å². The lowest BCUT2D eigenvalue weighted by Gasteiger charge is -2.30. The Morgan fingerprint density at radius 1 is 1.14 bits per heavy atom. The minimum atomic E-state index is -0.389. The molecule has 3 aromatic rings. The fraction of sp³-hybridized carbons (Fsp3) is 0.333. The normalized spacial score (nSPS) is 17.6. The summed E-state index contributed by atoms with van der Waals surface area (Å²) < 4.78 is 17.3. The first-order valence-electron chi connectivity index (χ1n) is 11.5. The van der Waals surface area contributed by atoms with E-state index in [0.29, 0.717) is 34.3 Å². The molecule has 0 bridgehead atoms. The molecule has 1 aromatic carbocycles. The molecule has 0 radical (unpaired) electrons. The van der Waals surface area contributed by atoms with Crippen LogP contribution in [0.3, 0.4) is 0 Å². The summed E-state index contributed by atoms with van der Waals surface area (Å²) >= 11 is 0.878. The summed E-state index contributed by atoms with van der Waals surface area (Å²) in [7, 11) is 0. The van der Waals surface area contributed by atoms with Gasteiger partial charge in [-0.15, -0.1) is 0 Å². The van der Waals surface area contributed by atoms with E-state index in [1.807, 2.05) is 13.8 Å². The molecule has 5 rings (SSSR count). The predicted molar refractivity (Wildman–Crippen MR) is 132 cm³/mol. The Kier molecular flexibility index (Phi) is 6.85. The van der Waals surface area contributed by atoms with E-state index in [9.17, 15) is 9.59 Å². The van der Waals surface area contributed by atoms with Crippen molar-refractivity contribution < 1.29 is 23.6 Å². The first kappa shape index (κ1) is 23.8. The second-order valence-corrected chi connectivity index (χ2v) is 9.63. The van der Waals surface area contributed by atoms with E-state index in [1.165, 1.54) is 6.33 Å². The van der Waals surface area contributed by atoms with Crippen molar-refractivity contribution >= 4 is 35.0 Å². The smallest absolute Gasteiger partial charge is 0.324 e. The molecule has 2 fully saturated rings. The van der Waals surface area contributed by atoms with E-state index in [2.05, 4.69) is 30.3 Å². The fourth-order valence-corrected chi connectivity index (χ4v) is 4.38. The summed E-state index contributed by atoms with van der Waals surface area (Å²) in [5.41, 5.74) is 0.772. The topological polar surface area (TPSA) is 133 Å². The zero-order valence-electron chi connectivity index (χ0n) is 19.7. The molecule has 2 aliphatic rings. The number of hydrogen-bond donors (Lipinski definition) is 1. The van der Waals surface area contributed by atoms with Crippen molar-refractivity contribution in [2.75, 3.05) is 18.0 Å². The molecule has 11 nitrogen and oxygen atoms in total. The van der Waals surface area contributed by atoms with Gasteiger partial charge < -0.3 is 18.9 Å². The van der Waals surface area contributed by atoms with Gasteiger partial charge in [-0.25, -0.2) is 9.97 Å². The molecular weight excluding hydrogens is 484 g/mol. The van der Waals surface area contributed by atoms with Crippen LogP contribution in [0.25, 0.3) is 6.08 Å². The molecule has 0 unspecified atom stereocenters. The van der Waals surface area contributed by atoms with Crippen LogP contribution in [0.5, 0.6) is 17.5 Å². The summed E-state index contributed by atoms with van der Waals surface area (Å²) in [5, 5.41) is 5.90. The van der Waals surface area contributed by atoms with Gasteiger partial charge in [-0.05, 0) is 35.5 Å². The number of benzene rings is 1. The zero-order valence-corrected chi connectivity index (χ0v) is 20.5. The number of anilines is 1. The maximum Gasteiger partial charge on any atom is 0.324 e. The van der Waals surface area contributed by atoms with Gasteiger partial charge in [-0.1, -0.05) is 31.1 Å². The number of amides is 2. The van der Waals surface area contributed by atoms with Crippen LogP contribution in [0.4, 0.5) is 10.8 Å². The van der Waals surface area contributed by atoms with Crippen LogP contribution < -0.4 is 19.7 Å².